The summed E-state index contributed by atoms with van der Waals surface area (Å²) in [6.45, 7) is 0.667. The molecular weight excluding hydrogens is 319 g/mol. The van der Waals surface area contributed by atoms with Crippen LogP contribution in [-0.2, 0) is 13.6 Å². The molecule has 25 heavy (non-hydrogen) atoms. The second-order valence-electron chi connectivity index (χ2n) is 5.85. The highest BCUT2D eigenvalue weighted by molar-refractivity contribution is 5.87. The van der Waals surface area contributed by atoms with E-state index in [1.165, 1.54) is 12.1 Å². The minimum atomic E-state index is -0.266. The van der Waals surface area contributed by atoms with Gasteiger partial charge in [0.05, 0.1) is 11.9 Å². The van der Waals surface area contributed by atoms with E-state index in [9.17, 15) is 4.39 Å². The van der Waals surface area contributed by atoms with Crippen LogP contribution in [0.2, 0.25) is 0 Å². The summed E-state index contributed by atoms with van der Waals surface area (Å²) in [5, 5.41) is 12.0. The number of aromatic nitrogens is 5. The molecule has 7 heteroatoms. The summed E-state index contributed by atoms with van der Waals surface area (Å²) in [6, 6.07) is 8.28. The minimum absolute atomic E-state index is 0.266. The Kier molecular flexibility index (Phi) is 3.77. The lowest BCUT2D eigenvalue weighted by molar-refractivity contribution is 0.628. The Morgan fingerprint density at radius 2 is 1.88 bits per heavy atom. The predicted octanol–water partition coefficient (Wildman–Crippen LogP) is 2.66. The highest BCUT2D eigenvalue weighted by Crippen LogP contribution is 2.32. The molecule has 0 spiro atoms. The van der Waals surface area contributed by atoms with Crippen molar-refractivity contribution in [1.29, 1.82) is 0 Å². The van der Waals surface area contributed by atoms with E-state index < -0.39 is 0 Å². The zero-order valence-corrected chi connectivity index (χ0v) is 13.9. The molecule has 0 bridgehead atoms. The van der Waals surface area contributed by atoms with Gasteiger partial charge in [-0.1, -0.05) is 0 Å². The first-order valence-electron chi connectivity index (χ1n) is 7.93. The summed E-state index contributed by atoms with van der Waals surface area (Å²) in [4.78, 5) is 4.68. The third-order valence-corrected chi connectivity index (χ3v) is 4.01. The van der Waals surface area contributed by atoms with Crippen molar-refractivity contribution in [3.63, 3.8) is 0 Å². The van der Waals surface area contributed by atoms with Gasteiger partial charge in [0, 0.05) is 42.7 Å². The van der Waals surface area contributed by atoms with Gasteiger partial charge in [-0.25, -0.2) is 13.9 Å². The van der Waals surface area contributed by atoms with Gasteiger partial charge in [0.25, 0.3) is 0 Å². The number of aryl methyl sites for hydroxylation is 1. The van der Waals surface area contributed by atoms with Crippen molar-refractivity contribution in [2.45, 2.75) is 6.54 Å². The Morgan fingerprint density at radius 1 is 1.08 bits per heavy atom. The lowest BCUT2D eigenvalue weighted by Gasteiger charge is -2.04. The number of nitrogens with one attached hydrogen (secondary N) is 1. The van der Waals surface area contributed by atoms with Gasteiger partial charge >= 0.3 is 0 Å². The fourth-order valence-corrected chi connectivity index (χ4v) is 2.93. The number of hydrogen-bond donors (Lipinski definition) is 1. The molecule has 0 fully saturated rings. The first kappa shape index (κ1) is 15.5. The van der Waals surface area contributed by atoms with Crippen LogP contribution in [0.3, 0.4) is 0 Å². The van der Waals surface area contributed by atoms with Crippen LogP contribution in [0.5, 0.6) is 0 Å². The molecule has 0 aliphatic rings. The fraction of sp³-hybridized carbons (Fsp3) is 0.167. The number of halogens is 1. The number of nitrogens with zero attached hydrogens (tertiary/aromatic N) is 5. The predicted molar refractivity (Wildman–Crippen MR) is 93.3 cm³/mol. The monoisotopic (exact) mass is 336 g/mol. The molecule has 1 aromatic carbocycles. The summed E-state index contributed by atoms with van der Waals surface area (Å²) >= 11 is 0. The molecule has 1 N–H and O–H groups in total. The molecule has 6 nitrogen and oxygen atoms in total. The molecule has 0 saturated heterocycles. The van der Waals surface area contributed by atoms with Gasteiger partial charge in [0.15, 0.2) is 5.65 Å². The quantitative estimate of drug-likeness (QED) is 0.622. The lowest BCUT2D eigenvalue weighted by atomic mass is 10.0. The molecule has 3 heterocycles. The van der Waals surface area contributed by atoms with E-state index in [1.54, 1.807) is 27.5 Å². The first-order valence-corrected chi connectivity index (χ1v) is 7.93. The molecule has 4 aromatic rings. The van der Waals surface area contributed by atoms with Gasteiger partial charge in [-0.3, -0.25) is 4.68 Å². The first-order chi connectivity index (χ1) is 12.2. The van der Waals surface area contributed by atoms with Crippen LogP contribution < -0.4 is 5.32 Å². The van der Waals surface area contributed by atoms with Gasteiger partial charge in [-0.05, 0) is 37.4 Å². The lowest BCUT2D eigenvalue weighted by Crippen LogP contribution is -2.04. The average molecular weight is 336 g/mol. The largest absolute Gasteiger partial charge is 0.314 e. The van der Waals surface area contributed by atoms with E-state index >= 15 is 0 Å². The standard InChI is InChI=1S/C18H17FN6/c1-20-9-14-10-25-18(22-14)15(7-8-21-25)16-11-24(2)23-17(16)12-3-5-13(19)6-4-12/h3-8,10-11,20H,9H2,1-2H3. The molecule has 126 valence electrons. The van der Waals surface area contributed by atoms with E-state index in [0.29, 0.717) is 6.54 Å². The smallest absolute Gasteiger partial charge is 0.161 e. The Morgan fingerprint density at radius 3 is 2.64 bits per heavy atom. The number of benzene rings is 1. The van der Waals surface area contributed by atoms with Crippen molar-refractivity contribution < 1.29 is 4.39 Å². The molecule has 0 unspecified atom stereocenters. The summed E-state index contributed by atoms with van der Waals surface area (Å²) in [7, 11) is 3.75. The van der Waals surface area contributed by atoms with Crippen LogP contribution in [0.1, 0.15) is 5.69 Å². The molecule has 0 aliphatic carbocycles. The van der Waals surface area contributed by atoms with Gasteiger partial charge in [-0.2, -0.15) is 10.2 Å². The molecule has 0 radical (unpaired) electrons. The van der Waals surface area contributed by atoms with E-state index in [1.807, 2.05) is 32.6 Å². The van der Waals surface area contributed by atoms with E-state index in [0.717, 1.165) is 33.7 Å². The van der Waals surface area contributed by atoms with E-state index in [2.05, 4.69) is 20.5 Å². The second-order valence-corrected chi connectivity index (χ2v) is 5.85. The minimum Gasteiger partial charge on any atom is -0.314 e. The van der Waals surface area contributed by atoms with Gasteiger partial charge in [0.1, 0.15) is 11.5 Å². The van der Waals surface area contributed by atoms with Crippen LogP contribution in [-0.4, -0.2) is 31.4 Å². The molecule has 0 aliphatic heterocycles. The van der Waals surface area contributed by atoms with E-state index in [4.69, 9.17) is 0 Å². The zero-order valence-electron chi connectivity index (χ0n) is 13.9. The van der Waals surface area contributed by atoms with Crippen LogP contribution >= 0.6 is 0 Å². The van der Waals surface area contributed by atoms with Crippen LogP contribution in [0, 0.1) is 5.82 Å². The highest BCUT2D eigenvalue weighted by atomic mass is 19.1. The third-order valence-electron chi connectivity index (χ3n) is 4.01. The van der Waals surface area contributed by atoms with Crippen LogP contribution in [0.25, 0.3) is 28.0 Å². The van der Waals surface area contributed by atoms with Gasteiger partial charge in [0.2, 0.25) is 0 Å². The SMILES string of the molecule is CNCc1cn2nccc(-c3cn(C)nc3-c3ccc(F)cc3)c2n1. The van der Waals surface area contributed by atoms with E-state index in [-0.39, 0.29) is 5.82 Å². The summed E-state index contributed by atoms with van der Waals surface area (Å²) in [5.41, 5.74) is 5.19. The summed E-state index contributed by atoms with van der Waals surface area (Å²) < 4.78 is 16.8. The summed E-state index contributed by atoms with van der Waals surface area (Å²) in [5.74, 6) is -0.266. The average Bonchev–Trinajstić information content (AvgIpc) is 3.18. The second kappa shape index (κ2) is 6.10. The Labute approximate surface area is 143 Å². The van der Waals surface area contributed by atoms with Crippen LogP contribution in [0.15, 0.2) is 48.9 Å². The summed E-state index contributed by atoms with van der Waals surface area (Å²) in [6.07, 6.45) is 5.60. The molecule has 4 rings (SSSR count). The topological polar surface area (TPSA) is 60.0 Å². The third kappa shape index (κ3) is 2.78. The van der Waals surface area contributed by atoms with Gasteiger partial charge < -0.3 is 5.32 Å². The number of hydrogen-bond acceptors (Lipinski definition) is 4. The Hall–Kier alpha value is -3.06. The highest BCUT2D eigenvalue weighted by Gasteiger charge is 2.16. The Balaban J connectivity index is 1.90. The normalized spacial score (nSPS) is 11.3. The molecular formula is C18H17FN6. The van der Waals surface area contributed by atoms with Crippen molar-refractivity contribution in [1.82, 2.24) is 29.7 Å². The van der Waals surface area contributed by atoms with Crippen molar-refractivity contribution in [2.75, 3.05) is 7.05 Å². The van der Waals surface area contributed by atoms with Crippen LogP contribution in [0.4, 0.5) is 4.39 Å². The number of fused-ring (bicyclic) bond motifs is 1. The number of imidazole rings is 1. The maximum Gasteiger partial charge on any atom is 0.161 e. The fourth-order valence-electron chi connectivity index (χ4n) is 2.93. The molecule has 3 aromatic heterocycles. The molecule has 0 atom stereocenters. The van der Waals surface area contributed by atoms with Crippen molar-refractivity contribution in [3.8, 4) is 22.4 Å². The van der Waals surface area contributed by atoms with Crippen molar-refractivity contribution >= 4 is 5.65 Å². The molecule has 0 amide bonds. The maximum atomic E-state index is 13.3. The van der Waals surface area contributed by atoms with Crippen molar-refractivity contribution in [3.05, 3.63) is 60.4 Å². The molecule has 0 saturated carbocycles. The maximum absolute atomic E-state index is 13.3. The van der Waals surface area contributed by atoms with Crippen molar-refractivity contribution in [2.24, 2.45) is 7.05 Å². The number of rotatable bonds is 4. The van der Waals surface area contributed by atoms with Gasteiger partial charge in [-0.15, -0.1) is 0 Å². The Bertz CT molecular complexity index is 1030. The zero-order chi connectivity index (χ0) is 17.4.